The largest absolute Gasteiger partial charge is 0.507 e. The van der Waals surface area contributed by atoms with Gasteiger partial charge in [-0.15, -0.1) is 11.3 Å². The number of hydrogen-bond donors (Lipinski definition) is 1. The van der Waals surface area contributed by atoms with Gasteiger partial charge in [0.2, 0.25) is 0 Å². The molecule has 4 aromatic rings. The van der Waals surface area contributed by atoms with Gasteiger partial charge in [0.05, 0.1) is 26.7 Å². The van der Waals surface area contributed by atoms with Crippen molar-refractivity contribution in [3.63, 3.8) is 0 Å². The van der Waals surface area contributed by atoms with E-state index in [0.717, 1.165) is 15.4 Å². The Kier molecular flexibility index (Phi) is 5.27. The van der Waals surface area contributed by atoms with Crippen molar-refractivity contribution in [2.75, 3.05) is 0 Å². The molecule has 0 bridgehead atoms. The molecule has 0 atom stereocenters. The minimum Gasteiger partial charge on any atom is -0.507 e. The van der Waals surface area contributed by atoms with Crippen molar-refractivity contribution in [2.45, 2.75) is 26.8 Å². The molecule has 0 aliphatic rings. The van der Waals surface area contributed by atoms with Gasteiger partial charge in [-0.2, -0.15) is 0 Å². The van der Waals surface area contributed by atoms with Crippen molar-refractivity contribution in [1.82, 2.24) is 14.5 Å². The fourth-order valence-corrected chi connectivity index (χ4v) is 4.25. The fraction of sp³-hybridized carbons (Fsp3) is 0.174. The summed E-state index contributed by atoms with van der Waals surface area (Å²) in [6.45, 7) is 4.21. The second kappa shape index (κ2) is 8.01. The first-order valence-corrected chi connectivity index (χ1v) is 10.2. The molecule has 0 radical (unpaired) electrons. The maximum Gasteiger partial charge on any atom is 0.262 e. The Morgan fingerprint density at radius 2 is 1.76 bits per heavy atom. The van der Waals surface area contributed by atoms with E-state index in [-0.39, 0.29) is 11.3 Å². The van der Waals surface area contributed by atoms with Crippen molar-refractivity contribution in [2.24, 2.45) is 0 Å². The lowest BCUT2D eigenvalue weighted by molar-refractivity contribution is 0.476. The monoisotopic (exact) mass is 403 g/mol. The maximum atomic E-state index is 13.5. The number of thiazole rings is 1. The van der Waals surface area contributed by atoms with Gasteiger partial charge in [0.1, 0.15) is 11.6 Å². The third kappa shape index (κ3) is 3.84. The number of rotatable bonds is 5. The molecule has 2 aromatic heterocycles. The fourth-order valence-electron chi connectivity index (χ4n) is 3.38. The van der Waals surface area contributed by atoms with Gasteiger partial charge in [-0.25, -0.2) is 9.97 Å². The Balaban J connectivity index is 1.88. The zero-order valence-electron chi connectivity index (χ0n) is 16.3. The predicted octanol–water partition coefficient (Wildman–Crippen LogP) is 4.60. The Bertz CT molecular complexity index is 1210. The zero-order chi connectivity index (χ0) is 20.4. The standard InChI is InChI=1S/C23H21N3O2S/c1-15-21(20-14-24-16(2)29-20)23(28)26(13-12-17-8-4-3-5-9-17)22(25-15)18-10-6-7-11-19(18)27/h3-11,14,27H,12-13H2,1-2H3. The molecule has 29 heavy (non-hydrogen) atoms. The molecule has 2 aromatic carbocycles. The van der Waals surface area contributed by atoms with Crippen LogP contribution in [-0.2, 0) is 13.0 Å². The maximum absolute atomic E-state index is 13.5. The van der Waals surface area contributed by atoms with Crippen molar-refractivity contribution < 1.29 is 5.11 Å². The number of benzene rings is 2. The number of nitrogens with zero attached hydrogens (tertiary/aromatic N) is 3. The molecular formula is C23H21N3O2S. The molecule has 5 nitrogen and oxygen atoms in total. The van der Waals surface area contributed by atoms with E-state index in [1.807, 2.05) is 50.2 Å². The average Bonchev–Trinajstić information content (AvgIpc) is 3.14. The van der Waals surface area contributed by atoms with Crippen LogP contribution in [0.5, 0.6) is 5.75 Å². The summed E-state index contributed by atoms with van der Waals surface area (Å²) in [5.41, 5.74) is 2.78. The first-order chi connectivity index (χ1) is 14.0. The van der Waals surface area contributed by atoms with Crippen LogP contribution in [0.25, 0.3) is 21.8 Å². The number of para-hydroxylation sites is 1. The number of hydrogen-bond acceptors (Lipinski definition) is 5. The summed E-state index contributed by atoms with van der Waals surface area (Å²) < 4.78 is 1.67. The van der Waals surface area contributed by atoms with Crippen LogP contribution in [0.1, 0.15) is 16.3 Å². The van der Waals surface area contributed by atoms with E-state index in [0.29, 0.717) is 35.6 Å². The van der Waals surface area contributed by atoms with Gasteiger partial charge in [0, 0.05) is 12.7 Å². The number of aromatic nitrogens is 3. The lowest BCUT2D eigenvalue weighted by atomic mass is 10.1. The van der Waals surface area contributed by atoms with Crippen LogP contribution < -0.4 is 5.56 Å². The first-order valence-electron chi connectivity index (χ1n) is 9.41. The van der Waals surface area contributed by atoms with Gasteiger partial charge in [0.15, 0.2) is 0 Å². The van der Waals surface area contributed by atoms with E-state index in [4.69, 9.17) is 4.98 Å². The van der Waals surface area contributed by atoms with Gasteiger partial charge < -0.3 is 5.11 Å². The minimum atomic E-state index is -0.115. The summed E-state index contributed by atoms with van der Waals surface area (Å²) in [5.74, 6) is 0.583. The normalized spacial score (nSPS) is 11.0. The summed E-state index contributed by atoms with van der Waals surface area (Å²) >= 11 is 1.48. The van der Waals surface area contributed by atoms with Gasteiger partial charge in [-0.05, 0) is 38.0 Å². The lowest BCUT2D eigenvalue weighted by Gasteiger charge is -2.16. The SMILES string of the molecule is Cc1ncc(-c2c(C)nc(-c3ccccc3O)n(CCc3ccccc3)c2=O)s1. The molecule has 146 valence electrons. The number of aromatic hydroxyl groups is 1. The number of aryl methyl sites for hydroxylation is 3. The number of phenolic OH excluding ortho intramolecular Hbond substituents is 1. The molecule has 6 heteroatoms. The second-order valence-corrected chi connectivity index (χ2v) is 8.08. The Morgan fingerprint density at radius 1 is 1.03 bits per heavy atom. The topological polar surface area (TPSA) is 68.0 Å². The van der Waals surface area contributed by atoms with Crippen molar-refractivity contribution in [1.29, 1.82) is 0 Å². The molecule has 1 N–H and O–H groups in total. The molecule has 0 aliphatic carbocycles. The second-order valence-electron chi connectivity index (χ2n) is 6.85. The van der Waals surface area contributed by atoms with Gasteiger partial charge in [-0.1, -0.05) is 42.5 Å². The van der Waals surface area contributed by atoms with E-state index in [9.17, 15) is 9.90 Å². The summed E-state index contributed by atoms with van der Waals surface area (Å²) in [6, 6.07) is 17.0. The van der Waals surface area contributed by atoms with Crippen molar-refractivity contribution in [3.8, 4) is 27.6 Å². The molecule has 0 aliphatic heterocycles. The van der Waals surface area contributed by atoms with Crippen LogP contribution in [0.3, 0.4) is 0 Å². The van der Waals surface area contributed by atoms with Crippen LogP contribution in [0, 0.1) is 13.8 Å². The Labute approximate surface area is 173 Å². The quantitative estimate of drug-likeness (QED) is 0.529. The molecule has 4 rings (SSSR count). The van der Waals surface area contributed by atoms with E-state index < -0.39 is 0 Å². The zero-order valence-corrected chi connectivity index (χ0v) is 17.1. The lowest BCUT2D eigenvalue weighted by Crippen LogP contribution is -2.27. The van der Waals surface area contributed by atoms with Crippen LogP contribution in [0.4, 0.5) is 0 Å². The Morgan fingerprint density at radius 3 is 2.45 bits per heavy atom. The van der Waals surface area contributed by atoms with E-state index >= 15 is 0 Å². The highest BCUT2D eigenvalue weighted by Crippen LogP contribution is 2.30. The van der Waals surface area contributed by atoms with Crippen LogP contribution in [0.2, 0.25) is 0 Å². The third-order valence-electron chi connectivity index (χ3n) is 4.83. The molecular weight excluding hydrogens is 382 g/mol. The number of phenols is 1. The summed E-state index contributed by atoms with van der Waals surface area (Å²) in [5, 5.41) is 11.3. The summed E-state index contributed by atoms with van der Waals surface area (Å²) in [4.78, 5) is 23.4. The van der Waals surface area contributed by atoms with E-state index in [1.54, 1.807) is 29.0 Å². The first kappa shape index (κ1) is 19.1. The summed E-state index contributed by atoms with van der Waals surface area (Å²) in [7, 11) is 0. The van der Waals surface area contributed by atoms with Crippen LogP contribution >= 0.6 is 11.3 Å². The van der Waals surface area contributed by atoms with Gasteiger partial charge >= 0.3 is 0 Å². The van der Waals surface area contributed by atoms with Crippen molar-refractivity contribution >= 4 is 11.3 Å². The minimum absolute atomic E-state index is 0.105. The van der Waals surface area contributed by atoms with Crippen molar-refractivity contribution in [3.05, 3.63) is 87.4 Å². The van der Waals surface area contributed by atoms with E-state index in [2.05, 4.69) is 4.98 Å². The molecule has 0 saturated heterocycles. The predicted molar refractivity (Wildman–Crippen MR) is 116 cm³/mol. The third-order valence-corrected chi connectivity index (χ3v) is 5.76. The highest BCUT2D eigenvalue weighted by molar-refractivity contribution is 7.15. The van der Waals surface area contributed by atoms with E-state index in [1.165, 1.54) is 11.3 Å². The molecule has 0 fully saturated rings. The summed E-state index contributed by atoms with van der Waals surface area (Å²) in [6.07, 6.45) is 2.42. The molecule has 0 amide bonds. The highest BCUT2D eigenvalue weighted by atomic mass is 32.1. The van der Waals surface area contributed by atoms with Crippen LogP contribution in [-0.4, -0.2) is 19.6 Å². The molecule has 0 saturated carbocycles. The highest BCUT2D eigenvalue weighted by Gasteiger charge is 2.20. The van der Waals surface area contributed by atoms with Gasteiger partial charge in [0.25, 0.3) is 5.56 Å². The molecule has 0 unspecified atom stereocenters. The van der Waals surface area contributed by atoms with Crippen LogP contribution in [0.15, 0.2) is 65.6 Å². The smallest absolute Gasteiger partial charge is 0.262 e. The molecule has 0 spiro atoms. The van der Waals surface area contributed by atoms with Gasteiger partial charge in [-0.3, -0.25) is 9.36 Å². The Hall–Kier alpha value is -3.25. The average molecular weight is 404 g/mol. The molecule has 2 heterocycles.